The molecule has 1 fully saturated rings. The summed E-state index contributed by atoms with van der Waals surface area (Å²) in [6.45, 7) is 3.58. The first-order valence-electron chi connectivity index (χ1n) is 8.52. The van der Waals surface area contributed by atoms with Crippen molar-refractivity contribution >= 4 is 46.8 Å². The average molecular weight is 424 g/mol. The lowest BCUT2D eigenvalue weighted by molar-refractivity contribution is -0.151. The second-order valence-electron chi connectivity index (χ2n) is 6.46. The molecule has 27 heavy (non-hydrogen) atoms. The number of benzene rings is 2. The molecule has 1 aliphatic rings. The van der Waals surface area contributed by atoms with Crippen LogP contribution in [0, 0.1) is 0 Å². The Balaban J connectivity index is 1.97. The van der Waals surface area contributed by atoms with Crippen LogP contribution in [-0.2, 0) is 9.53 Å². The summed E-state index contributed by atoms with van der Waals surface area (Å²) in [5, 5.41) is 0.807. The molecule has 0 aromatic heterocycles. The smallest absolute Gasteiger partial charge is 0.330 e. The number of nitrogens with zero attached hydrogens (tertiary/aromatic N) is 1. The lowest BCUT2D eigenvalue weighted by atomic mass is 10.1. The molecule has 0 radical (unpaired) electrons. The highest BCUT2D eigenvalue weighted by atomic mass is 35.5. The third kappa shape index (κ3) is 4.60. The fourth-order valence-electron chi connectivity index (χ4n) is 2.91. The van der Waals surface area contributed by atoms with Gasteiger partial charge in [0.15, 0.2) is 0 Å². The van der Waals surface area contributed by atoms with Crippen LogP contribution >= 0.6 is 35.0 Å². The number of esters is 1. The molecule has 2 atom stereocenters. The molecule has 0 spiro atoms. The van der Waals surface area contributed by atoms with E-state index in [1.165, 1.54) is 11.8 Å². The van der Waals surface area contributed by atoms with Gasteiger partial charge in [-0.1, -0.05) is 35.3 Å². The number of carbonyl (C=O) groups excluding carboxylic acids is 2. The number of rotatable bonds is 4. The van der Waals surface area contributed by atoms with Gasteiger partial charge in [-0.25, -0.2) is 4.79 Å². The number of hydrogen-bond donors (Lipinski definition) is 0. The van der Waals surface area contributed by atoms with Crippen molar-refractivity contribution in [3.63, 3.8) is 0 Å². The van der Waals surface area contributed by atoms with Crippen molar-refractivity contribution in [3.8, 4) is 0 Å². The van der Waals surface area contributed by atoms with Gasteiger partial charge < -0.3 is 9.64 Å². The molecule has 1 heterocycles. The van der Waals surface area contributed by atoms with Gasteiger partial charge in [-0.05, 0) is 55.8 Å². The standard InChI is InChI=1S/C20H19Cl2NO3S/c1-12(2)26-20(25)17-11-27-19(14-4-3-5-16(22)10-14)23(17)18(24)13-6-8-15(21)9-7-13/h3-10,12,17,19H,11H2,1-2H3/t17-,19+/m0/s1. The molecular formula is C20H19Cl2NO3S. The lowest BCUT2D eigenvalue weighted by Gasteiger charge is -2.29. The molecule has 7 heteroatoms. The van der Waals surface area contributed by atoms with Crippen molar-refractivity contribution in [1.29, 1.82) is 0 Å². The van der Waals surface area contributed by atoms with E-state index in [-0.39, 0.29) is 17.4 Å². The van der Waals surface area contributed by atoms with Crippen LogP contribution in [0.5, 0.6) is 0 Å². The second kappa shape index (κ2) is 8.55. The molecule has 0 N–H and O–H groups in total. The van der Waals surface area contributed by atoms with Gasteiger partial charge >= 0.3 is 5.97 Å². The molecule has 0 saturated carbocycles. The van der Waals surface area contributed by atoms with Crippen LogP contribution in [0.1, 0.15) is 35.1 Å². The van der Waals surface area contributed by atoms with E-state index in [1.54, 1.807) is 49.1 Å². The van der Waals surface area contributed by atoms with Gasteiger partial charge in [0.05, 0.1) is 6.10 Å². The van der Waals surface area contributed by atoms with Crippen molar-refractivity contribution in [2.45, 2.75) is 31.4 Å². The zero-order valence-electron chi connectivity index (χ0n) is 14.9. The molecule has 142 valence electrons. The van der Waals surface area contributed by atoms with Crippen LogP contribution in [0.25, 0.3) is 0 Å². The van der Waals surface area contributed by atoms with Crippen molar-refractivity contribution in [2.24, 2.45) is 0 Å². The molecule has 0 aliphatic carbocycles. The van der Waals surface area contributed by atoms with E-state index < -0.39 is 12.0 Å². The van der Waals surface area contributed by atoms with Gasteiger partial charge in [-0.3, -0.25) is 4.79 Å². The second-order valence-corrected chi connectivity index (χ2v) is 8.45. The van der Waals surface area contributed by atoms with Crippen molar-refractivity contribution in [2.75, 3.05) is 5.75 Å². The van der Waals surface area contributed by atoms with Crippen LogP contribution in [0.15, 0.2) is 48.5 Å². The summed E-state index contributed by atoms with van der Waals surface area (Å²) in [6, 6.07) is 13.3. The fraction of sp³-hybridized carbons (Fsp3) is 0.300. The summed E-state index contributed by atoms with van der Waals surface area (Å²) < 4.78 is 5.38. The lowest BCUT2D eigenvalue weighted by Crippen LogP contribution is -2.44. The van der Waals surface area contributed by atoms with Crippen LogP contribution < -0.4 is 0 Å². The number of hydrogen-bond acceptors (Lipinski definition) is 4. The van der Waals surface area contributed by atoms with Gasteiger partial charge in [0.2, 0.25) is 0 Å². The first-order chi connectivity index (χ1) is 12.9. The third-order valence-electron chi connectivity index (χ3n) is 4.08. The van der Waals surface area contributed by atoms with Crippen molar-refractivity contribution < 1.29 is 14.3 Å². The third-order valence-corrected chi connectivity index (χ3v) is 5.89. The Bertz CT molecular complexity index is 841. The SMILES string of the molecule is CC(C)OC(=O)[C@@H]1CS[C@H](c2cccc(Cl)c2)N1C(=O)c1ccc(Cl)cc1. The molecule has 0 bridgehead atoms. The fourth-order valence-corrected chi connectivity index (χ4v) is 4.63. The summed E-state index contributed by atoms with van der Waals surface area (Å²) in [5.41, 5.74) is 1.34. The van der Waals surface area contributed by atoms with E-state index in [1.807, 2.05) is 18.2 Å². The molecule has 2 aromatic carbocycles. The molecule has 4 nitrogen and oxygen atoms in total. The Hall–Kier alpha value is -1.69. The summed E-state index contributed by atoms with van der Waals surface area (Å²) in [4.78, 5) is 27.5. The summed E-state index contributed by atoms with van der Waals surface area (Å²) >= 11 is 13.6. The van der Waals surface area contributed by atoms with E-state index in [4.69, 9.17) is 27.9 Å². The van der Waals surface area contributed by atoms with Crippen molar-refractivity contribution in [1.82, 2.24) is 4.90 Å². The highest BCUT2D eigenvalue weighted by Gasteiger charge is 2.43. The molecule has 2 aromatic rings. The average Bonchev–Trinajstić information content (AvgIpc) is 3.06. The summed E-state index contributed by atoms with van der Waals surface area (Å²) in [6.07, 6.45) is -0.250. The number of ether oxygens (including phenoxy) is 1. The van der Waals surface area contributed by atoms with E-state index >= 15 is 0 Å². The monoisotopic (exact) mass is 423 g/mol. The van der Waals surface area contributed by atoms with Crippen LogP contribution in [0.4, 0.5) is 0 Å². The quantitative estimate of drug-likeness (QED) is 0.633. The van der Waals surface area contributed by atoms with Crippen molar-refractivity contribution in [3.05, 3.63) is 69.7 Å². The minimum absolute atomic E-state index is 0.243. The molecule has 1 saturated heterocycles. The van der Waals surface area contributed by atoms with E-state index in [0.717, 1.165) is 5.56 Å². The zero-order chi connectivity index (χ0) is 19.6. The zero-order valence-corrected chi connectivity index (χ0v) is 17.2. The maximum Gasteiger partial charge on any atom is 0.330 e. The van der Waals surface area contributed by atoms with Crippen LogP contribution in [0.2, 0.25) is 10.0 Å². The molecular weight excluding hydrogens is 405 g/mol. The Morgan fingerprint density at radius 3 is 2.44 bits per heavy atom. The maximum atomic E-state index is 13.3. The minimum Gasteiger partial charge on any atom is -0.461 e. The predicted molar refractivity (Wildman–Crippen MR) is 109 cm³/mol. The van der Waals surface area contributed by atoms with E-state index in [0.29, 0.717) is 21.4 Å². The molecule has 0 unspecified atom stereocenters. The predicted octanol–water partition coefficient (Wildman–Crippen LogP) is 5.20. The highest BCUT2D eigenvalue weighted by molar-refractivity contribution is 7.99. The van der Waals surface area contributed by atoms with E-state index in [9.17, 15) is 9.59 Å². The normalized spacial score (nSPS) is 19.4. The number of halogens is 2. The first-order valence-corrected chi connectivity index (χ1v) is 10.3. The van der Waals surface area contributed by atoms with Gasteiger partial charge in [0, 0.05) is 21.4 Å². The highest BCUT2D eigenvalue weighted by Crippen LogP contribution is 2.43. The molecule has 1 amide bonds. The van der Waals surface area contributed by atoms with E-state index in [2.05, 4.69) is 0 Å². The molecule has 3 rings (SSSR count). The topological polar surface area (TPSA) is 46.6 Å². The Labute approximate surface area is 172 Å². The Morgan fingerprint density at radius 1 is 1.11 bits per heavy atom. The van der Waals surface area contributed by atoms with Gasteiger partial charge in [0.25, 0.3) is 5.91 Å². The molecule has 1 aliphatic heterocycles. The summed E-state index contributed by atoms with van der Waals surface area (Å²) in [5.74, 6) is -0.182. The van der Waals surface area contributed by atoms with Crippen LogP contribution in [-0.4, -0.2) is 34.7 Å². The van der Waals surface area contributed by atoms with Gasteiger partial charge in [-0.15, -0.1) is 11.8 Å². The largest absolute Gasteiger partial charge is 0.461 e. The number of thioether (sulfide) groups is 1. The van der Waals surface area contributed by atoms with Crippen LogP contribution in [0.3, 0.4) is 0 Å². The number of carbonyl (C=O) groups is 2. The minimum atomic E-state index is -0.662. The van der Waals surface area contributed by atoms with Gasteiger partial charge in [0.1, 0.15) is 11.4 Å². The summed E-state index contributed by atoms with van der Waals surface area (Å²) in [7, 11) is 0. The maximum absolute atomic E-state index is 13.3. The first kappa shape index (κ1) is 20.1. The Kier molecular flexibility index (Phi) is 6.35. The Morgan fingerprint density at radius 2 is 1.81 bits per heavy atom. The van der Waals surface area contributed by atoms with Gasteiger partial charge in [-0.2, -0.15) is 0 Å². The number of amides is 1.